The Hall–Kier alpha value is -3.57. The summed E-state index contributed by atoms with van der Waals surface area (Å²) in [7, 11) is 1.74. The van der Waals surface area contributed by atoms with Crippen LogP contribution in [0.2, 0.25) is 0 Å². The van der Waals surface area contributed by atoms with E-state index in [2.05, 4.69) is 25.8 Å². The molecule has 0 aliphatic heterocycles. The number of aromatic nitrogens is 4. The molecular formula is C23H21FN6O2S2. The number of hydrogen-bond donors (Lipinski definition) is 2. The first-order valence-electron chi connectivity index (χ1n) is 10.3. The molecule has 2 heterocycles. The van der Waals surface area contributed by atoms with Crippen LogP contribution in [0.4, 0.5) is 9.52 Å². The smallest absolute Gasteiger partial charge is 0.254 e. The van der Waals surface area contributed by atoms with Gasteiger partial charge >= 0.3 is 0 Å². The highest BCUT2D eigenvalue weighted by Crippen LogP contribution is 2.25. The predicted octanol–water partition coefficient (Wildman–Crippen LogP) is 4.30. The number of hydrogen-bond acceptors (Lipinski definition) is 7. The fourth-order valence-electron chi connectivity index (χ4n) is 3.17. The second-order valence-corrected chi connectivity index (χ2v) is 9.12. The third-order valence-electron chi connectivity index (χ3n) is 4.87. The van der Waals surface area contributed by atoms with Crippen molar-refractivity contribution >= 4 is 40.0 Å². The maximum atomic E-state index is 13.9. The average molecular weight is 497 g/mol. The lowest BCUT2D eigenvalue weighted by Gasteiger charge is -2.14. The van der Waals surface area contributed by atoms with E-state index < -0.39 is 17.8 Å². The van der Waals surface area contributed by atoms with Gasteiger partial charge in [0, 0.05) is 18.0 Å². The van der Waals surface area contributed by atoms with E-state index in [9.17, 15) is 14.0 Å². The maximum Gasteiger partial charge on any atom is 0.254 e. The number of halogens is 1. The molecule has 2 N–H and O–H groups in total. The quantitative estimate of drug-likeness (QED) is 0.353. The molecule has 8 nitrogen and oxygen atoms in total. The molecule has 0 spiro atoms. The van der Waals surface area contributed by atoms with Crippen LogP contribution in [0.25, 0.3) is 11.3 Å². The minimum absolute atomic E-state index is 0.0413. The molecule has 2 aromatic heterocycles. The Labute approximate surface area is 203 Å². The van der Waals surface area contributed by atoms with Gasteiger partial charge in [-0.05, 0) is 19.1 Å². The zero-order chi connectivity index (χ0) is 24.1. The molecule has 0 radical (unpaired) electrons. The minimum atomic E-state index is -0.594. The number of carbonyl (C=O) groups is 2. The molecule has 2 aromatic carbocycles. The number of nitrogens with zero attached hydrogens (tertiary/aromatic N) is 4. The van der Waals surface area contributed by atoms with Crippen LogP contribution in [0.1, 0.15) is 29.1 Å². The molecule has 34 heavy (non-hydrogen) atoms. The van der Waals surface area contributed by atoms with Crippen LogP contribution >= 0.6 is 23.1 Å². The summed E-state index contributed by atoms with van der Waals surface area (Å²) >= 11 is 2.57. The van der Waals surface area contributed by atoms with Gasteiger partial charge < -0.3 is 15.2 Å². The molecule has 0 bridgehead atoms. The fourth-order valence-corrected chi connectivity index (χ4v) is 4.63. The summed E-state index contributed by atoms with van der Waals surface area (Å²) in [6.45, 7) is 1.73. The van der Waals surface area contributed by atoms with Crippen molar-refractivity contribution < 1.29 is 14.0 Å². The lowest BCUT2D eigenvalue weighted by atomic mass is 10.2. The third kappa shape index (κ3) is 5.49. The largest absolute Gasteiger partial charge is 0.342 e. The molecule has 0 aliphatic carbocycles. The summed E-state index contributed by atoms with van der Waals surface area (Å²) in [5.41, 5.74) is 1.75. The second kappa shape index (κ2) is 10.6. The van der Waals surface area contributed by atoms with Crippen LogP contribution in [0.5, 0.6) is 0 Å². The lowest BCUT2D eigenvalue weighted by molar-refractivity contribution is -0.113. The second-order valence-electron chi connectivity index (χ2n) is 7.32. The molecule has 0 saturated carbocycles. The topological polar surface area (TPSA) is 102 Å². The van der Waals surface area contributed by atoms with Gasteiger partial charge in [-0.1, -0.05) is 54.2 Å². The van der Waals surface area contributed by atoms with E-state index in [0.29, 0.717) is 16.1 Å². The van der Waals surface area contributed by atoms with Crippen molar-refractivity contribution in [2.75, 3.05) is 11.1 Å². The van der Waals surface area contributed by atoms with Crippen molar-refractivity contribution in [1.82, 2.24) is 25.1 Å². The third-order valence-corrected chi connectivity index (χ3v) is 6.65. The molecule has 11 heteroatoms. The van der Waals surface area contributed by atoms with Crippen LogP contribution in [-0.2, 0) is 11.8 Å². The van der Waals surface area contributed by atoms with Crippen molar-refractivity contribution in [3.8, 4) is 11.3 Å². The predicted molar refractivity (Wildman–Crippen MR) is 130 cm³/mol. The molecule has 174 valence electrons. The Bertz CT molecular complexity index is 1310. The van der Waals surface area contributed by atoms with Gasteiger partial charge in [0.15, 0.2) is 16.1 Å². The summed E-state index contributed by atoms with van der Waals surface area (Å²) in [4.78, 5) is 29.2. The fraction of sp³-hybridized carbons (Fsp3) is 0.174. The van der Waals surface area contributed by atoms with Crippen molar-refractivity contribution in [3.05, 3.63) is 77.2 Å². The highest BCUT2D eigenvalue weighted by Gasteiger charge is 2.20. The Morgan fingerprint density at radius 1 is 1.12 bits per heavy atom. The number of thiazole rings is 1. The summed E-state index contributed by atoms with van der Waals surface area (Å²) < 4.78 is 15.6. The normalized spacial score (nSPS) is 11.7. The van der Waals surface area contributed by atoms with Crippen LogP contribution in [0.15, 0.2) is 65.1 Å². The van der Waals surface area contributed by atoms with Crippen molar-refractivity contribution in [1.29, 1.82) is 0 Å². The van der Waals surface area contributed by atoms with E-state index in [-0.39, 0.29) is 17.2 Å². The lowest BCUT2D eigenvalue weighted by Crippen LogP contribution is -2.29. The molecule has 1 atom stereocenters. The SMILES string of the molecule is C[C@H](NC(=O)c1ccccc1F)c1nnc(SCC(=O)Nc2nc(-c3ccccc3)cs2)n1C. The van der Waals surface area contributed by atoms with Crippen LogP contribution in [-0.4, -0.2) is 37.3 Å². The molecule has 4 aromatic rings. The van der Waals surface area contributed by atoms with Crippen molar-refractivity contribution in [2.45, 2.75) is 18.1 Å². The Kier molecular flexibility index (Phi) is 7.33. The monoisotopic (exact) mass is 496 g/mol. The average Bonchev–Trinajstić information content (AvgIpc) is 3.45. The van der Waals surface area contributed by atoms with Gasteiger partial charge in [-0.2, -0.15) is 0 Å². The highest BCUT2D eigenvalue weighted by molar-refractivity contribution is 7.99. The van der Waals surface area contributed by atoms with Crippen LogP contribution in [0.3, 0.4) is 0 Å². The minimum Gasteiger partial charge on any atom is -0.342 e. The molecule has 0 unspecified atom stereocenters. The summed E-state index contributed by atoms with van der Waals surface area (Å²) in [5.74, 6) is -0.754. The number of nitrogens with one attached hydrogen (secondary N) is 2. The number of thioether (sulfide) groups is 1. The van der Waals surface area contributed by atoms with Crippen LogP contribution < -0.4 is 10.6 Å². The first-order chi connectivity index (χ1) is 16.4. The van der Waals surface area contributed by atoms with Gasteiger partial charge in [0.1, 0.15) is 5.82 Å². The first-order valence-corrected chi connectivity index (χ1v) is 12.2. The Morgan fingerprint density at radius 3 is 2.62 bits per heavy atom. The van der Waals surface area contributed by atoms with Gasteiger partial charge in [0.05, 0.1) is 23.1 Å². The highest BCUT2D eigenvalue weighted by atomic mass is 32.2. The van der Waals surface area contributed by atoms with Gasteiger partial charge in [-0.15, -0.1) is 21.5 Å². The van der Waals surface area contributed by atoms with Crippen molar-refractivity contribution in [3.63, 3.8) is 0 Å². The number of carbonyl (C=O) groups excluding carboxylic acids is 2. The first kappa shape index (κ1) is 23.6. The van der Waals surface area contributed by atoms with E-state index in [0.717, 1.165) is 11.3 Å². The van der Waals surface area contributed by atoms with Crippen molar-refractivity contribution in [2.24, 2.45) is 7.05 Å². The summed E-state index contributed by atoms with van der Waals surface area (Å²) in [6.07, 6.45) is 0. The van der Waals surface area contributed by atoms with E-state index in [1.54, 1.807) is 24.6 Å². The number of amides is 2. The van der Waals surface area contributed by atoms with E-state index in [4.69, 9.17) is 0 Å². The molecule has 0 aliphatic rings. The van der Waals surface area contributed by atoms with E-state index in [1.807, 2.05) is 35.7 Å². The number of anilines is 1. The molecule has 0 fully saturated rings. The maximum absolute atomic E-state index is 13.9. The summed E-state index contributed by atoms with van der Waals surface area (Å²) in [5, 5.41) is 16.7. The number of benzene rings is 2. The Balaban J connectivity index is 1.32. The molecular weight excluding hydrogens is 475 g/mol. The van der Waals surface area contributed by atoms with Gasteiger partial charge in [-0.3, -0.25) is 9.59 Å². The summed E-state index contributed by atoms with van der Waals surface area (Å²) in [6, 6.07) is 15.0. The zero-order valence-corrected chi connectivity index (χ0v) is 20.0. The molecule has 0 saturated heterocycles. The molecule has 4 rings (SSSR count). The van der Waals surface area contributed by atoms with Crippen LogP contribution in [0, 0.1) is 5.82 Å². The van der Waals surface area contributed by atoms with E-state index >= 15 is 0 Å². The van der Waals surface area contributed by atoms with Gasteiger partial charge in [0.2, 0.25) is 5.91 Å². The standard InChI is InChI=1S/C23H21FN6O2S2/c1-14(25-21(32)16-10-6-7-11-17(16)24)20-28-29-23(30(20)2)34-13-19(31)27-22-26-18(12-33-22)15-8-4-3-5-9-15/h3-12,14H,13H2,1-2H3,(H,25,32)(H,26,27,31)/t14-/m0/s1. The number of rotatable bonds is 8. The zero-order valence-electron chi connectivity index (χ0n) is 18.4. The molecule has 2 amide bonds. The van der Waals surface area contributed by atoms with Gasteiger partial charge in [-0.25, -0.2) is 9.37 Å². The van der Waals surface area contributed by atoms with Gasteiger partial charge in [0.25, 0.3) is 5.91 Å². The van der Waals surface area contributed by atoms with E-state index in [1.165, 1.54) is 41.3 Å². The Morgan fingerprint density at radius 2 is 1.85 bits per heavy atom.